The highest BCUT2D eigenvalue weighted by molar-refractivity contribution is 5.67. The van der Waals surface area contributed by atoms with E-state index in [1.165, 1.54) is 6.39 Å². The van der Waals surface area contributed by atoms with E-state index in [9.17, 15) is 0 Å². The zero-order valence-electron chi connectivity index (χ0n) is 6.40. The second-order valence-electron chi connectivity index (χ2n) is 2.43. The molecule has 1 aromatic heterocycles. The molecule has 0 bridgehead atoms. The first-order valence-electron chi connectivity index (χ1n) is 3.62. The Balaban J connectivity index is 2.51. The molecule has 0 aliphatic heterocycles. The molecule has 0 aliphatic rings. The van der Waals surface area contributed by atoms with Crippen LogP contribution in [0.3, 0.4) is 0 Å². The number of nitrogens with zero attached hydrogens (tertiary/aromatic N) is 1. The lowest BCUT2D eigenvalue weighted by Crippen LogP contribution is -1.86. The Bertz CT molecular complexity index is 367. The van der Waals surface area contributed by atoms with Gasteiger partial charge in [0.1, 0.15) is 0 Å². The average Bonchev–Trinajstić information content (AvgIpc) is 2.53. The number of nitrogen functional groups attached to an aromatic ring is 1. The predicted octanol–water partition coefficient (Wildman–Crippen LogP) is 1.92. The molecule has 2 rings (SSSR count). The van der Waals surface area contributed by atoms with Crippen LogP contribution in [0.25, 0.3) is 11.3 Å². The van der Waals surface area contributed by atoms with Crippen molar-refractivity contribution < 1.29 is 4.42 Å². The summed E-state index contributed by atoms with van der Waals surface area (Å²) < 4.78 is 5.11. The SMILES string of the molecule is Nc1ncoc1-c1ccccc1. The van der Waals surface area contributed by atoms with E-state index in [1.54, 1.807) is 0 Å². The molecule has 60 valence electrons. The van der Waals surface area contributed by atoms with E-state index in [-0.39, 0.29) is 0 Å². The number of anilines is 1. The summed E-state index contributed by atoms with van der Waals surface area (Å²) >= 11 is 0. The number of oxazole rings is 1. The zero-order valence-corrected chi connectivity index (χ0v) is 6.40. The van der Waals surface area contributed by atoms with Gasteiger partial charge in [0, 0.05) is 5.56 Å². The van der Waals surface area contributed by atoms with Crippen molar-refractivity contribution in [3.63, 3.8) is 0 Å². The number of aromatic nitrogens is 1. The summed E-state index contributed by atoms with van der Waals surface area (Å²) in [5, 5.41) is 0. The fraction of sp³-hybridized carbons (Fsp3) is 0. The molecule has 2 aromatic rings. The first-order valence-corrected chi connectivity index (χ1v) is 3.62. The lowest BCUT2D eigenvalue weighted by atomic mass is 10.2. The summed E-state index contributed by atoms with van der Waals surface area (Å²) in [6.07, 6.45) is 1.34. The summed E-state index contributed by atoms with van der Waals surface area (Å²) in [5.41, 5.74) is 6.52. The van der Waals surface area contributed by atoms with Crippen molar-refractivity contribution in [3.05, 3.63) is 36.7 Å². The van der Waals surface area contributed by atoms with Crippen LogP contribution in [-0.2, 0) is 0 Å². The molecular formula is C9H8N2O. The third-order valence-electron chi connectivity index (χ3n) is 1.63. The number of rotatable bonds is 1. The van der Waals surface area contributed by atoms with Gasteiger partial charge in [-0.05, 0) is 0 Å². The molecule has 0 unspecified atom stereocenters. The van der Waals surface area contributed by atoms with Gasteiger partial charge in [-0.3, -0.25) is 0 Å². The van der Waals surface area contributed by atoms with Crippen LogP contribution < -0.4 is 5.73 Å². The third-order valence-corrected chi connectivity index (χ3v) is 1.63. The molecule has 12 heavy (non-hydrogen) atoms. The molecule has 0 aliphatic carbocycles. The highest BCUT2D eigenvalue weighted by Crippen LogP contribution is 2.23. The van der Waals surface area contributed by atoms with Crippen molar-refractivity contribution in [3.8, 4) is 11.3 Å². The molecule has 0 radical (unpaired) electrons. The molecular weight excluding hydrogens is 152 g/mol. The van der Waals surface area contributed by atoms with Gasteiger partial charge in [0.25, 0.3) is 0 Å². The van der Waals surface area contributed by atoms with Gasteiger partial charge < -0.3 is 10.2 Å². The van der Waals surface area contributed by atoms with Gasteiger partial charge in [-0.2, -0.15) is 4.98 Å². The number of hydrogen-bond acceptors (Lipinski definition) is 3. The van der Waals surface area contributed by atoms with E-state index in [1.807, 2.05) is 30.3 Å². The molecule has 0 spiro atoms. The Hall–Kier alpha value is -1.77. The van der Waals surface area contributed by atoms with E-state index in [2.05, 4.69) is 4.98 Å². The summed E-state index contributed by atoms with van der Waals surface area (Å²) in [4.78, 5) is 3.80. The van der Waals surface area contributed by atoms with Crippen LogP contribution in [-0.4, -0.2) is 4.98 Å². The van der Waals surface area contributed by atoms with Gasteiger partial charge >= 0.3 is 0 Å². The fourth-order valence-corrected chi connectivity index (χ4v) is 1.06. The lowest BCUT2D eigenvalue weighted by Gasteiger charge is -1.94. The first kappa shape index (κ1) is 6.91. The molecule has 3 heteroatoms. The Labute approximate surface area is 69.8 Å². The highest BCUT2D eigenvalue weighted by atomic mass is 16.3. The van der Waals surface area contributed by atoms with E-state index < -0.39 is 0 Å². The van der Waals surface area contributed by atoms with Crippen LogP contribution in [0.15, 0.2) is 41.1 Å². The first-order chi connectivity index (χ1) is 5.88. The second-order valence-corrected chi connectivity index (χ2v) is 2.43. The predicted molar refractivity (Wildman–Crippen MR) is 46.4 cm³/mol. The topological polar surface area (TPSA) is 52.0 Å². The minimum absolute atomic E-state index is 0.432. The van der Waals surface area contributed by atoms with Crippen LogP contribution in [0, 0.1) is 0 Å². The van der Waals surface area contributed by atoms with Crippen molar-refractivity contribution in [2.45, 2.75) is 0 Å². The third kappa shape index (κ3) is 1.05. The average molecular weight is 160 g/mol. The van der Waals surface area contributed by atoms with Crippen LogP contribution >= 0.6 is 0 Å². The van der Waals surface area contributed by atoms with Crippen LogP contribution in [0.4, 0.5) is 5.82 Å². The number of nitrogens with two attached hydrogens (primary N) is 1. The quantitative estimate of drug-likeness (QED) is 0.693. The molecule has 0 saturated heterocycles. The van der Waals surface area contributed by atoms with Gasteiger partial charge in [0.05, 0.1) is 0 Å². The summed E-state index contributed by atoms with van der Waals surface area (Å²) in [6, 6.07) is 9.65. The van der Waals surface area contributed by atoms with Crippen molar-refractivity contribution in [2.75, 3.05) is 5.73 Å². The fourth-order valence-electron chi connectivity index (χ4n) is 1.06. The van der Waals surface area contributed by atoms with Gasteiger partial charge in [-0.25, -0.2) is 0 Å². The summed E-state index contributed by atoms with van der Waals surface area (Å²) in [7, 11) is 0. The smallest absolute Gasteiger partial charge is 0.183 e. The van der Waals surface area contributed by atoms with E-state index in [0.717, 1.165) is 5.56 Å². The highest BCUT2D eigenvalue weighted by Gasteiger charge is 2.05. The molecule has 0 fully saturated rings. The standard InChI is InChI=1S/C9H8N2O/c10-9-8(12-6-11-9)7-4-2-1-3-5-7/h1-6H,10H2. The van der Waals surface area contributed by atoms with Crippen LogP contribution in [0.2, 0.25) is 0 Å². The molecule has 0 saturated carbocycles. The Kier molecular flexibility index (Phi) is 1.55. The van der Waals surface area contributed by atoms with Crippen LogP contribution in [0.5, 0.6) is 0 Å². The Morgan fingerprint density at radius 3 is 2.50 bits per heavy atom. The molecule has 2 N–H and O–H groups in total. The summed E-state index contributed by atoms with van der Waals surface area (Å²) in [6.45, 7) is 0. The van der Waals surface area contributed by atoms with Crippen molar-refractivity contribution in [1.29, 1.82) is 0 Å². The molecule has 1 heterocycles. The zero-order chi connectivity index (χ0) is 8.39. The van der Waals surface area contributed by atoms with Gasteiger partial charge in [0.15, 0.2) is 18.0 Å². The van der Waals surface area contributed by atoms with Gasteiger partial charge in [-0.1, -0.05) is 30.3 Å². The minimum atomic E-state index is 0.432. The van der Waals surface area contributed by atoms with Gasteiger partial charge in [0.2, 0.25) is 0 Å². The van der Waals surface area contributed by atoms with Crippen molar-refractivity contribution >= 4 is 5.82 Å². The monoisotopic (exact) mass is 160 g/mol. The normalized spacial score (nSPS) is 10.0. The minimum Gasteiger partial charge on any atom is -0.441 e. The van der Waals surface area contributed by atoms with E-state index in [0.29, 0.717) is 11.6 Å². The largest absolute Gasteiger partial charge is 0.441 e. The molecule has 3 nitrogen and oxygen atoms in total. The molecule has 0 atom stereocenters. The number of hydrogen-bond donors (Lipinski definition) is 1. The molecule has 1 aromatic carbocycles. The maximum Gasteiger partial charge on any atom is 0.183 e. The Morgan fingerprint density at radius 2 is 1.92 bits per heavy atom. The van der Waals surface area contributed by atoms with E-state index in [4.69, 9.17) is 10.2 Å². The maximum atomic E-state index is 5.57. The Morgan fingerprint density at radius 1 is 1.17 bits per heavy atom. The van der Waals surface area contributed by atoms with E-state index >= 15 is 0 Å². The van der Waals surface area contributed by atoms with Crippen molar-refractivity contribution in [2.24, 2.45) is 0 Å². The van der Waals surface area contributed by atoms with Gasteiger partial charge in [-0.15, -0.1) is 0 Å². The van der Waals surface area contributed by atoms with Crippen molar-refractivity contribution in [1.82, 2.24) is 4.98 Å². The molecule has 0 amide bonds. The maximum absolute atomic E-state index is 5.57. The summed E-state index contributed by atoms with van der Waals surface area (Å²) in [5.74, 6) is 1.07. The van der Waals surface area contributed by atoms with Crippen LogP contribution in [0.1, 0.15) is 0 Å². The lowest BCUT2D eigenvalue weighted by molar-refractivity contribution is 0.572. The second kappa shape index (κ2) is 2.70. The number of benzene rings is 1.